The molecule has 1 aliphatic rings. The summed E-state index contributed by atoms with van der Waals surface area (Å²) in [6, 6.07) is 16.3. The van der Waals surface area contributed by atoms with Crippen LogP contribution in [0.25, 0.3) is 0 Å². The number of amides is 2. The summed E-state index contributed by atoms with van der Waals surface area (Å²) in [7, 11) is 1.47. The van der Waals surface area contributed by atoms with Crippen LogP contribution in [-0.4, -0.2) is 47.7 Å². The SMILES string of the molecule is COCc1oncc1C(=O)N1C[C@H](F)C[C@H]1C(=O)N[C@@H](c1ccccc1)c1ccc(C(C)C)cc1. The molecule has 3 aromatic rings. The summed E-state index contributed by atoms with van der Waals surface area (Å²) in [4.78, 5) is 28.0. The van der Waals surface area contributed by atoms with Gasteiger partial charge in [0.25, 0.3) is 5.91 Å². The summed E-state index contributed by atoms with van der Waals surface area (Å²) in [5.41, 5.74) is 3.17. The normalized spacial score (nSPS) is 18.6. The molecule has 1 aliphatic heterocycles. The zero-order valence-electron chi connectivity index (χ0n) is 20.1. The van der Waals surface area contributed by atoms with Gasteiger partial charge in [-0.25, -0.2) is 4.39 Å². The van der Waals surface area contributed by atoms with Crippen LogP contribution in [0.4, 0.5) is 4.39 Å². The maximum absolute atomic E-state index is 14.5. The lowest BCUT2D eigenvalue weighted by molar-refractivity contribution is -0.125. The fraction of sp³-hybridized carbons (Fsp3) is 0.370. The van der Waals surface area contributed by atoms with Gasteiger partial charge in [-0.3, -0.25) is 9.59 Å². The van der Waals surface area contributed by atoms with Gasteiger partial charge < -0.3 is 19.5 Å². The molecule has 0 aliphatic carbocycles. The Morgan fingerprint density at radius 1 is 1.11 bits per heavy atom. The van der Waals surface area contributed by atoms with Gasteiger partial charge in [-0.2, -0.15) is 0 Å². The molecular formula is C27H30FN3O4. The zero-order valence-corrected chi connectivity index (χ0v) is 20.1. The summed E-state index contributed by atoms with van der Waals surface area (Å²) in [6.07, 6.45) is -0.0998. The van der Waals surface area contributed by atoms with E-state index in [0.717, 1.165) is 11.1 Å². The number of carbonyl (C=O) groups is 2. The summed E-state index contributed by atoms with van der Waals surface area (Å²) in [5, 5.41) is 6.74. The quantitative estimate of drug-likeness (QED) is 0.518. The van der Waals surface area contributed by atoms with E-state index in [-0.39, 0.29) is 30.9 Å². The zero-order chi connectivity index (χ0) is 24.9. The van der Waals surface area contributed by atoms with Gasteiger partial charge in [0.05, 0.1) is 18.8 Å². The van der Waals surface area contributed by atoms with E-state index in [9.17, 15) is 14.0 Å². The number of nitrogens with one attached hydrogen (secondary N) is 1. The Morgan fingerprint density at radius 3 is 2.43 bits per heavy atom. The van der Waals surface area contributed by atoms with E-state index in [4.69, 9.17) is 9.26 Å². The molecule has 7 nitrogen and oxygen atoms in total. The summed E-state index contributed by atoms with van der Waals surface area (Å²) < 4.78 is 24.6. The Labute approximate surface area is 204 Å². The first-order valence-corrected chi connectivity index (χ1v) is 11.7. The molecule has 4 rings (SSSR count). The highest BCUT2D eigenvalue weighted by atomic mass is 19.1. The monoisotopic (exact) mass is 479 g/mol. The van der Waals surface area contributed by atoms with E-state index in [1.54, 1.807) is 0 Å². The second kappa shape index (κ2) is 10.8. The molecule has 1 fully saturated rings. The topological polar surface area (TPSA) is 84.7 Å². The number of hydrogen-bond donors (Lipinski definition) is 1. The Bertz CT molecular complexity index is 1150. The lowest BCUT2D eigenvalue weighted by atomic mass is 9.95. The van der Waals surface area contributed by atoms with Crippen LogP contribution in [0.15, 0.2) is 65.3 Å². The number of ether oxygens (including phenoxy) is 1. The van der Waals surface area contributed by atoms with Crippen LogP contribution in [0.5, 0.6) is 0 Å². The Balaban J connectivity index is 1.59. The van der Waals surface area contributed by atoms with Crippen molar-refractivity contribution in [3.63, 3.8) is 0 Å². The van der Waals surface area contributed by atoms with Crippen LogP contribution in [0.2, 0.25) is 0 Å². The predicted octanol–water partition coefficient (Wildman–Crippen LogP) is 4.40. The number of hydrogen-bond acceptors (Lipinski definition) is 5. The van der Waals surface area contributed by atoms with Crippen LogP contribution in [-0.2, 0) is 16.1 Å². The maximum Gasteiger partial charge on any atom is 0.259 e. The van der Waals surface area contributed by atoms with Crippen molar-refractivity contribution in [2.75, 3.05) is 13.7 Å². The molecule has 1 saturated heterocycles. The minimum Gasteiger partial charge on any atom is -0.377 e. The molecule has 0 unspecified atom stereocenters. The molecule has 1 N–H and O–H groups in total. The highest BCUT2D eigenvalue weighted by Gasteiger charge is 2.42. The summed E-state index contributed by atoms with van der Waals surface area (Å²) in [6.45, 7) is 4.12. The van der Waals surface area contributed by atoms with Crippen molar-refractivity contribution in [2.45, 2.75) is 51.0 Å². The van der Waals surface area contributed by atoms with Gasteiger partial charge >= 0.3 is 0 Å². The molecule has 184 valence electrons. The first-order chi connectivity index (χ1) is 16.9. The smallest absolute Gasteiger partial charge is 0.259 e. The van der Waals surface area contributed by atoms with Crippen molar-refractivity contribution < 1.29 is 23.2 Å². The minimum atomic E-state index is -1.30. The number of carbonyl (C=O) groups excluding carboxylic acids is 2. The van der Waals surface area contributed by atoms with E-state index in [1.165, 1.54) is 23.8 Å². The molecule has 0 spiro atoms. The number of aromatic nitrogens is 1. The van der Waals surface area contributed by atoms with Gasteiger partial charge in [-0.15, -0.1) is 0 Å². The summed E-state index contributed by atoms with van der Waals surface area (Å²) in [5.74, 6) is -0.290. The Hall–Kier alpha value is -3.52. The lowest BCUT2D eigenvalue weighted by Gasteiger charge is -2.27. The van der Waals surface area contributed by atoms with Crippen molar-refractivity contribution >= 4 is 11.8 Å². The number of nitrogens with zero attached hydrogens (tertiary/aromatic N) is 2. The first kappa shape index (κ1) is 24.6. The average molecular weight is 480 g/mol. The minimum absolute atomic E-state index is 0.0489. The van der Waals surface area contributed by atoms with Gasteiger partial charge in [-0.05, 0) is 22.6 Å². The first-order valence-electron chi connectivity index (χ1n) is 11.7. The number of likely N-dealkylation sites (tertiary alicyclic amines) is 1. The molecule has 2 aromatic carbocycles. The number of rotatable bonds is 8. The van der Waals surface area contributed by atoms with Gasteiger partial charge in [0.15, 0.2) is 5.76 Å². The fourth-order valence-corrected chi connectivity index (χ4v) is 4.40. The van der Waals surface area contributed by atoms with Crippen LogP contribution >= 0.6 is 0 Å². The predicted molar refractivity (Wildman–Crippen MR) is 129 cm³/mol. The number of benzene rings is 2. The number of methoxy groups -OCH3 is 1. The molecule has 2 amide bonds. The Morgan fingerprint density at radius 2 is 1.77 bits per heavy atom. The molecule has 0 bridgehead atoms. The average Bonchev–Trinajstić information content (AvgIpc) is 3.49. The van der Waals surface area contributed by atoms with Crippen molar-refractivity contribution in [2.24, 2.45) is 0 Å². The van der Waals surface area contributed by atoms with Crippen LogP contribution < -0.4 is 5.32 Å². The third kappa shape index (κ3) is 5.43. The highest BCUT2D eigenvalue weighted by Crippen LogP contribution is 2.28. The standard InChI is InChI=1S/C27H30FN3O4/c1-17(2)18-9-11-20(12-10-18)25(19-7-5-4-6-8-19)30-26(32)23-13-21(28)15-31(23)27(33)22-14-29-35-24(22)16-34-3/h4-12,14,17,21,23,25H,13,15-16H2,1-3H3,(H,30,32)/t21-,23+,25+/m1/s1. The largest absolute Gasteiger partial charge is 0.377 e. The molecule has 8 heteroatoms. The van der Waals surface area contributed by atoms with Crippen molar-refractivity contribution in [3.05, 3.63) is 88.8 Å². The van der Waals surface area contributed by atoms with Gasteiger partial charge in [-0.1, -0.05) is 73.6 Å². The van der Waals surface area contributed by atoms with Crippen LogP contribution in [0, 0.1) is 0 Å². The van der Waals surface area contributed by atoms with E-state index in [1.807, 2.05) is 54.6 Å². The third-order valence-corrected chi connectivity index (χ3v) is 6.32. The van der Waals surface area contributed by atoms with Crippen molar-refractivity contribution in [1.82, 2.24) is 15.4 Å². The van der Waals surface area contributed by atoms with Crippen molar-refractivity contribution in [1.29, 1.82) is 0 Å². The number of halogens is 1. The Kier molecular flexibility index (Phi) is 7.60. The van der Waals surface area contributed by atoms with E-state index < -0.39 is 30.1 Å². The molecule has 2 heterocycles. The molecule has 0 saturated carbocycles. The maximum atomic E-state index is 14.5. The molecule has 3 atom stereocenters. The molecule has 1 aromatic heterocycles. The van der Waals surface area contributed by atoms with Crippen molar-refractivity contribution in [3.8, 4) is 0 Å². The van der Waals surface area contributed by atoms with E-state index in [0.29, 0.717) is 5.92 Å². The van der Waals surface area contributed by atoms with Gasteiger partial charge in [0.1, 0.15) is 24.4 Å². The van der Waals surface area contributed by atoms with E-state index in [2.05, 4.69) is 24.3 Å². The molecule has 0 radical (unpaired) electrons. The second-order valence-electron chi connectivity index (χ2n) is 9.08. The van der Waals surface area contributed by atoms with E-state index >= 15 is 0 Å². The molecular weight excluding hydrogens is 449 g/mol. The fourth-order valence-electron chi connectivity index (χ4n) is 4.40. The lowest BCUT2D eigenvalue weighted by Crippen LogP contribution is -2.47. The van der Waals surface area contributed by atoms with Gasteiger partial charge in [0.2, 0.25) is 5.91 Å². The highest BCUT2D eigenvalue weighted by molar-refractivity contribution is 5.98. The number of alkyl halides is 1. The third-order valence-electron chi connectivity index (χ3n) is 6.32. The van der Waals surface area contributed by atoms with Crippen LogP contribution in [0.3, 0.4) is 0 Å². The summed E-state index contributed by atoms with van der Waals surface area (Å²) >= 11 is 0. The van der Waals surface area contributed by atoms with Gasteiger partial charge in [0, 0.05) is 13.5 Å². The molecule has 35 heavy (non-hydrogen) atoms. The van der Waals surface area contributed by atoms with Crippen LogP contribution in [0.1, 0.15) is 65.0 Å². The second-order valence-corrected chi connectivity index (χ2v) is 9.08.